The standard InChI is InChI=1S/C4H8NO3PS/c6-3(7)2(1-10)5-4(8)9/h2,10H,1,9H2,(H,5,8)(H,6,7)/t2-/m0/s1. The van der Waals surface area contributed by atoms with Gasteiger partial charge in [-0.05, 0) is 9.24 Å². The van der Waals surface area contributed by atoms with Crippen molar-refractivity contribution in [3.05, 3.63) is 0 Å². The summed E-state index contributed by atoms with van der Waals surface area (Å²) in [6, 6.07) is -0.895. The number of amides is 1. The fourth-order valence-corrected chi connectivity index (χ4v) is 0.806. The molecule has 0 aromatic heterocycles. The Morgan fingerprint density at radius 3 is 2.30 bits per heavy atom. The van der Waals surface area contributed by atoms with Crippen LogP contribution in [0, 0.1) is 0 Å². The van der Waals surface area contributed by atoms with Gasteiger partial charge in [-0.2, -0.15) is 12.6 Å². The van der Waals surface area contributed by atoms with E-state index in [9.17, 15) is 9.59 Å². The van der Waals surface area contributed by atoms with Crippen molar-refractivity contribution in [1.82, 2.24) is 5.32 Å². The number of hydrogen-bond acceptors (Lipinski definition) is 3. The minimum atomic E-state index is -1.08. The lowest BCUT2D eigenvalue weighted by molar-refractivity contribution is -0.138. The fourth-order valence-electron chi connectivity index (χ4n) is 0.357. The molecule has 0 heterocycles. The number of thiol groups is 1. The molecule has 2 N–H and O–H groups in total. The highest BCUT2D eigenvalue weighted by atomic mass is 32.1. The van der Waals surface area contributed by atoms with E-state index in [0.29, 0.717) is 0 Å². The molecule has 0 radical (unpaired) electrons. The molecule has 0 bridgehead atoms. The van der Waals surface area contributed by atoms with Crippen molar-refractivity contribution in [2.24, 2.45) is 0 Å². The average molecular weight is 181 g/mol. The zero-order chi connectivity index (χ0) is 8.15. The van der Waals surface area contributed by atoms with Crippen LogP contribution in [0.25, 0.3) is 0 Å². The Bertz CT molecular complexity index is 151. The van der Waals surface area contributed by atoms with Gasteiger partial charge in [0.15, 0.2) is 0 Å². The highest BCUT2D eigenvalue weighted by molar-refractivity contribution is 7.80. The van der Waals surface area contributed by atoms with Crippen molar-refractivity contribution >= 4 is 33.5 Å². The number of carboxylic acid groups (broad SMARTS) is 1. The second-order valence-electron chi connectivity index (χ2n) is 1.58. The molecule has 58 valence electrons. The Balaban J connectivity index is 3.83. The molecule has 0 aliphatic heterocycles. The van der Waals surface area contributed by atoms with Crippen molar-refractivity contribution < 1.29 is 14.7 Å². The lowest BCUT2D eigenvalue weighted by Gasteiger charge is -2.08. The molecular weight excluding hydrogens is 173 g/mol. The summed E-state index contributed by atoms with van der Waals surface area (Å²) < 4.78 is 0. The molecule has 2 atom stereocenters. The van der Waals surface area contributed by atoms with E-state index in [-0.39, 0.29) is 5.75 Å². The maximum atomic E-state index is 10.3. The number of hydrogen-bond donors (Lipinski definition) is 3. The second-order valence-corrected chi connectivity index (χ2v) is 2.47. The molecule has 0 rings (SSSR count). The predicted molar refractivity (Wildman–Crippen MR) is 43.5 cm³/mol. The van der Waals surface area contributed by atoms with Crippen LogP contribution in [0.3, 0.4) is 0 Å². The zero-order valence-electron chi connectivity index (χ0n) is 5.07. The largest absolute Gasteiger partial charge is 0.480 e. The third-order valence-corrected chi connectivity index (χ3v) is 1.33. The summed E-state index contributed by atoms with van der Waals surface area (Å²) in [6.07, 6.45) is 0. The van der Waals surface area contributed by atoms with Gasteiger partial charge in [-0.1, -0.05) is 0 Å². The van der Waals surface area contributed by atoms with E-state index in [1.54, 1.807) is 0 Å². The number of rotatable bonds is 3. The maximum Gasteiger partial charge on any atom is 0.327 e. The number of aliphatic carboxylic acids is 1. The molecule has 4 nitrogen and oxygen atoms in total. The van der Waals surface area contributed by atoms with Crippen LogP contribution in [0.15, 0.2) is 0 Å². The molecule has 0 aromatic carbocycles. The van der Waals surface area contributed by atoms with Crippen LogP contribution in [0.2, 0.25) is 0 Å². The van der Waals surface area contributed by atoms with Crippen LogP contribution < -0.4 is 5.32 Å². The number of carbonyl (C=O) groups is 2. The van der Waals surface area contributed by atoms with Crippen LogP contribution in [0.4, 0.5) is 4.79 Å². The van der Waals surface area contributed by atoms with Gasteiger partial charge in [0.25, 0.3) is 0 Å². The molecule has 0 saturated heterocycles. The summed E-state index contributed by atoms with van der Waals surface area (Å²) in [6.45, 7) is 0. The molecule has 6 heteroatoms. The fraction of sp³-hybridized carbons (Fsp3) is 0.500. The first-order chi connectivity index (χ1) is 4.57. The Labute approximate surface area is 66.0 Å². The van der Waals surface area contributed by atoms with Gasteiger partial charge >= 0.3 is 5.97 Å². The van der Waals surface area contributed by atoms with Crippen LogP contribution in [0.1, 0.15) is 0 Å². The molecule has 10 heavy (non-hydrogen) atoms. The Kier molecular flexibility index (Phi) is 4.40. The van der Waals surface area contributed by atoms with Crippen LogP contribution in [0.5, 0.6) is 0 Å². The van der Waals surface area contributed by atoms with Crippen molar-refractivity contribution in [3.8, 4) is 0 Å². The van der Waals surface area contributed by atoms with Gasteiger partial charge in [-0.15, -0.1) is 0 Å². The molecule has 1 unspecified atom stereocenters. The quantitative estimate of drug-likeness (QED) is 0.422. The normalized spacial score (nSPS) is 12.2. The van der Waals surface area contributed by atoms with Gasteiger partial charge in [0.05, 0.1) is 0 Å². The van der Waals surface area contributed by atoms with E-state index in [1.165, 1.54) is 0 Å². The van der Waals surface area contributed by atoms with E-state index < -0.39 is 17.7 Å². The monoisotopic (exact) mass is 181 g/mol. The van der Waals surface area contributed by atoms with Gasteiger partial charge in [-0.25, -0.2) is 4.79 Å². The SMILES string of the molecule is O=C(P)N[C@@H](CS)C(=O)O. The second kappa shape index (κ2) is 4.52. The van der Waals surface area contributed by atoms with Gasteiger partial charge in [-0.3, -0.25) is 4.79 Å². The molecule has 0 aliphatic rings. The van der Waals surface area contributed by atoms with Crippen molar-refractivity contribution in [3.63, 3.8) is 0 Å². The minimum Gasteiger partial charge on any atom is -0.480 e. The lowest BCUT2D eigenvalue weighted by Crippen LogP contribution is -2.39. The third kappa shape index (κ3) is 3.69. The molecule has 0 aliphatic carbocycles. The molecular formula is C4H8NO3PS. The first-order valence-electron chi connectivity index (χ1n) is 2.47. The van der Waals surface area contributed by atoms with E-state index >= 15 is 0 Å². The molecule has 0 aromatic rings. The first kappa shape index (κ1) is 9.72. The summed E-state index contributed by atoms with van der Waals surface area (Å²) in [4.78, 5) is 20.5. The van der Waals surface area contributed by atoms with Gasteiger partial charge in [0, 0.05) is 5.75 Å². The number of carboxylic acids is 1. The van der Waals surface area contributed by atoms with Gasteiger partial charge < -0.3 is 10.4 Å². The van der Waals surface area contributed by atoms with Crippen LogP contribution in [-0.2, 0) is 4.79 Å². The predicted octanol–water partition coefficient (Wildman–Crippen LogP) is -0.0459. The van der Waals surface area contributed by atoms with Gasteiger partial charge in [0.1, 0.15) is 6.04 Å². The van der Waals surface area contributed by atoms with E-state index in [1.807, 2.05) is 9.24 Å². The van der Waals surface area contributed by atoms with Crippen molar-refractivity contribution in [1.29, 1.82) is 0 Å². The first-order valence-corrected chi connectivity index (χ1v) is 3.68. The highest BCUT2D eigenvalue weighted by Crippen LogP contribution is 1.91. The Morgan fingerprint density at radius 2 is 2.20 bits per heavy atom. The summed E-state index contributed by atoms with van der Waals surface area (Å²) in [5.74, 6) is -0.985. The zero-order valence-corrected chi connectivity index (χ0v) is 7.12. The van der Waals surface area contributed by atoms with Crippen LogP contribution in [-0.4, -0.2) is 28.5 Å². The minimum absolute atomic E-state index is 0.0927. The average Bonchev–Trinajstić information content (AvgIpc) is 1.81. The smallest absolute Gasteiger partial charge is 0.327 e. The highest BCUT2D eigenvalue weighted by Gasteiger charge is 2.15. The lowest BCUT2D eigenvalue weighted by atomic mass is 10.3. The van der Waals surface area contributed by atoms with E-state index in [4.69, 9.17) is 5.11 Å². The summed E-state index contributed by atoms with van der Waals surface area (Å²) in [5.41, 5.74) is -0.443. The summed E-state index contributed by atoms with van der Waals surface area (Å²) in [7, 11) is 1.83. The van der Waals surface area contributed by atoms with Crippen molar-refractivity contribution in [2.45, 2.75) is 6.04 Å². The van der Waals surface area contributed by atoms with E-state index in [2.05, 4.69) is 17.9 Å². The van der Waals surface area contributed by atoms with Gasteiger partial charge in [0.2, 0.25) is 5.65 Å². The maximum absolute atomic E-state index is 10.3. The van der Waals surface area contributed by atoms with Crippen LogP contribution >= 0.6 is 21.9 Å². The Morgan fingerprint density at radius 1 is 1.70 bits per heavy atom. The topological polar surface area (TPSA) is 66.4 Å². The molecule has 0 saturated carbocycles. The van der Waals surface area contributed by atoms with E-state index in [0.717, 1.165) is 0 Å². The number of nitrogens with one attached hydrogen (secondary N) is 1. The number of carbonyl (C=O) groups excluding carboxylic acids is 1. The summed E-state index contributed by atoms with van der Waals surface area (Å²) >= 11 is 3.72. The molecule has 1 amide bonds. The third-order valence-electron chi connectivity index (χ3n) is 0.797. The van der Waals surface area contributed by atoms with Crippen molar-refractivity contribution in [2.75, 3.05) is 5.75 Å². The Hall–Kier alpha value is -0.280. The molecule has 0 fully saturated rings. The molecule has 0 spiro atoms. The summed E-state index contributed by atoms with van der Waals surface area (Å²) in [5, 5.41) is 10.5.